The first-order valence-electron chi connectivity index (χ1n) is 6.66. The zero-order valence-corrected chi connectivity index (χ0v) is 10.6. The molecule has 18 heavy (non-hydrogen) atoms. The Morgan fingerprint density at radius 3 is 2.94 bits per heavy atom. The Bertz CT molecular complexity index is 425. The van der Waals surface area contributed by atoms with Gasteiger partial charge in [-0.15, -0.1) is 0 Å². The number of nitrogens with two attached hydrogens (primary N) is 1. The molecule has 0 spiro atoms. The van der Waals surface area contributed by atoms with Crippen molar-refractivity contribution in [3.05, 3.63) is 35.4 Å². The molecule has 0 aliphatic heterocycles. The van der Waals surface area contributed by atoms with E-state index in [1.165, 1.54) is 19.3 Å². The molecule has 1 aromatic carbocycles. The third kappa shape index (κ3) is 3.56. The van der Waals surface area contributed by atoms with Gasteiger partial charge in [-0.05, 0) is 30.5 Å². The molecule has 1 aromatic rings. The van der Waals surface area contributed by atoms with Crippen molar-refractivity contribution in [3.63, 3.8) is 0 Å². The second kappa shape index (κ2) is 6.53. The normalized spacial score (nSPS) is 24.2. The number of hydrogen-bond donors (Lipinski definition) is 1. The second-order valence-electron chi connectivity index (χ2n) is 4.96. The van der Waals surface area contributed by atoms with Gasteiger partial charge >= 0.3 is 0 Å². The van der Waals surface area contributed by atoms with Crippen LogP contribution in [0.3, 0.4) is 0 Å². The first-order chi connectivity index (χ1) is 8.79. The third-order valence-corrected chi connectivity index (χ3v) is 3.52. The Morgan fingerprint density at radius 2 is 2.11 bits per heavy atom. The molecule has 2 atom stereocenters. The molecule has 1 aliphatic carbocycles. The van der Waals surface area contributed by atoms with Crippen molar-refractivity contribution < 1.29 is 4.74 Å². The van der Waals surface area contributed by atoms with Gasteiger partial charge in [0.2, 0.25) is 0 Å². The highest BCUT2D eigenvalue weighted by atomic mass is 16.5. The minimum absolute atomic E-state index is 0.159. The topological polar surface area (TPSA) is 59.0 Å². The number of hydrogen-bond acceptors (Lipinski definition) is 3. The van der Waals surface area contributed by atoms with Gasteiger partial charge in [0.05, 0.1) is 24.3 Å². The van der Waals surface area contributed by atoms with Gasteiger partial charge in [-0.3, -0.25) is 0 Å². The maximum atomic E-state index is 8.85. The van der Waals surface area contributed by atoms with Gasteiger partial charge in [0.25, 0.3) is 0 Å². The Kier molecular flexibility index (Phi) is 4.74. The van der Waals surface area contributed by atoms with Crippen LogP contribution in [0.15, 0.2) is 24.3 Å². The fourth-order valence-electron chi connectivity index (χ4n) is 2.44. The van der Waals surface area contributed by atoms with Crippen LogP contribution in [0.4, 0.5) is 0 Å². The minimum atomic E-state index is 0.159. The molecule has 0 bridgehead atoms. The van der Waals surface area contributed by atoms with Crippen LogP contribution in [0.1, 0.15) is 43.2 Å². The SMILES string of the molecule is N#Cc1cccc(COC2CCCCCC2N)c1. The molecule has 0 amide bonds. The minimum Gasteiger partial charge on any atom is -0.372 e. The van der Waals surface area contributed by atoms with Gasteiger partial charge < -0.3 is 10.5 Å². The fourth-order valence-corrected chi connectivity index (χ4v) is 2.44. The van der Waals surface area contributed by atoms with Crippen LogP contribution in [0.25, 0.3) is 0 Å². The molecule has 0 saturated heterocycles. The van der Waals surface area contributed by atoms with Gasteiger partial charge in [-0.1, -0.05) is 31.4 Å². The average Bonchev–Trinajstić information content (AvgIpc) is 2.61. The third-order valence-electron chi connectivity index (χ3n) is 3.52. The fraction of sp³-hybridized carbons (Fsp3) is 0.533. The summed E-state index contributed by atoms with van der Waals surface area (Å²) in [5.41, 5.74) is 7.85. The summed E-state index contributed by atoms with van der Waals surface area (Å²) in [6.45, 7) is 0.549. The number of ether oxygens (including phenoxy) is 1. The van der Waals surface area contributed by atoms with Crippen molar-refractivity contribution >= 4 is 0 Å². The lowest BCUT2D eigenvalue weighted by Crippen LogP contribution is -2.35. The van der Waals surface area contributed by atoms with E-state index in [-0.39, 0.29) is 12.1 Å². The molecule has 2 N–H and O–H groups in total. The molecule has 3 nitrogen and oxygen atoms in total. The summed E-state index contributed by atoms with van der Waals surface area (Å²) < 4.78 is 5.93. The van der Waals surface area contributed by atoms with E-state index in [0.29, 0.717) is 12.2 Å². The standard InChI is InChI=1S/C15H20N2O/c16-10-12-5-4-6-13(9-12)11-18-15-8-3-1-2-7-14(15)17/h4-6,9,14-15H,1-3,7-8,11,17H2. The Morgan fingerprint density at radius 1 is 1.28 bits per heavy atom. The summed E-state index contributed by atoms with van der Waals surface area (Å²) in [5.74, 6) is 0. The predicted molar refractivity (Wildman–Crippen MR) is 70.8 cm³/mol. The van der Waals surface area contributed by atoms with Gasteiger partial charge in [0, 0.05) is 6.04 Å². The molecule has 0 heterocycles. The molecule has 2 unspecified atom stereocenters. The van der Waals surface area contributed by atoms with Gasteiger partial charge in [0.15, 0.2) is 0 Å². The first kappa shape index (κ1) is 13.1. The van der Waals surface area contributed by atoms with Gasteiger partial charge in [-0.25, -0.2) is 0 Å². The van der Waals surface area contributed by atoms with E-state index in [2.05, 4.69) is 6.07 Å². The molecule has 1 saturated carbocycles. The Hall–Kier alpha value is -1.37. The molecule has 1 fully saturated rings. The summed E-state index contributed by atoms with van der Waals surface area (Å²) in [5, 5.41) is 8.85. The molecule has 2 rings (SSSR count). The highest BCUT2D eigenvalue weighted by Gasteiger charge is 2.20. The van der Waals surface area contributed by atoms with Gasteiger partial charge in [0.1, 0.15) is 0 Å². The van der Waals surface area contributed by atoms with E-state index < -0.39 is 0 Å². The van der Waals surface area contributed by atoms with Crippen LogP contribution in [-0.4, -0.2) is 12.1 Å². The quantitative estimate of drug-likeness (QED) is 0.832. The van der Waals surface area contributed by atoms with Crippen molar-refractivity contribution in [1.29, 1.82) is 5.26 Å². The summed E-state index contributed by atoms with van der Waals surface area (Å²) >= 11 is 0. The molecule has 3 heteroatoms. The number of rotatable bonds is 3. The maximum absolute atomic E-state index is 8.85. The van der Waals surface area contributed by atoms with Crippen molar-refractivity contribution in [2.75, 3.05) is 0 Å². The highest BCUT2D eigenvalue weighted by Crippen LogP contribution is 2.20. The molecular formula is C15H20N2O. The monoisotopic (exact) mass is 244 g/mol. The summed E-state index contributed by atoms with van der Waals surface area (Å²) in [6, 6.07) is 9.87. The predicted octanol–water partition coefficient (Wildman–Crippen LogP) is 2.73. The van der Waals surface area contributed by atoms with Crippen LogP contribution >= 0.6 is 0 Å². The van der Waals surface area contributed by atoms with E-state index in [9.17, 15) is 0 Å². The average molecular weight is 244 g/mol. The smallest absolute Gasteiger partial charge is 0.0991 e. The lowest BCUT2D eigenvalue weighted by atomic mass is 10.1. The van der Waals surface area contributed by atoms with Crippen LogP contribution < -0.4 is 5.73 Å². The lowest BCUT2D eigenvalue weighted by molar-refractivity contribution is 0.0194. The van der Waals surface area contributed by atoms with Crippen LogP contribution in [0.5, 0.6) is 0 Å². The summed E-state index contributed by atoms with van der Waals surface area (Å²) in [7, 11) is 0. The molecule has 0 radical (unpaired) electrons. The van der Waals surface area contributed by atoms with E-state index in [4.69, 9.17) is 15.7 Å². The largest absolute Gasteiger partial charge is 0.372 e. The number of nitriles is 1. The van der Waals surface area contributed by atoms with E-state index in [1.54, 1.807) is 6.07 Å². The van der Waals surface area contributed by atoms with Crippen molar-refractivity contribution in [1.82, 2.24) is 0 Å². The Balaban J connectivity index is 1.91. The molecule has 0 aromatic heterocycles. The van der Waals surface area contributed by atoms with E-state index in [0.717, 1.165) is 18.4 Å². The lowest BCUT2D eigenvalue weighted by Gasteiger charge is -2.21. The molecular weight excluding hydrogens is 224 g/mol. The zero-order chi connectivity index (χ0) is 12.8. The number of nitrogens with zero attached hydrogens (tertiary/aromatic N) is 1. The second-order valence-corrected chi connectivity index (χ2v) is 4.96. The van der Waals surface area contributed by atoms with Gasteiger partial charge in [-0.2, -0.15) is 5.26 Å². The maximum Gasteiger partial charge on any atom is 0.0991 e. The number of benzene rings is 1. The Labute approximate surface area is 109 Å². The van der Waals surface area contributed by atoms with E-state index in [1.807, 2.05) is 18.2 Å². The molecule has 1 aliphatic rings. The van der Waals surface area contributed by atoms with Crippen LogP contribution in [0.2, 0.25) is 0 Å². The molecule has 96 valence electrons. The van der Waals surface area contributed by atoms with Crippen LogP contribution in [-0.2, 0) is 11.3 Å². The summed E-state index contributed by atoms with van der Waals surface area (Å²) in [6.07, 6.45) is 5.96. The van der Waals surface area contributed by atoms with Crippen molar-refractivity contribution in [2.45, 2.75) is 50.9 Å². The van der Waals surface area contributed by atoms with Crippen molar-refractivity contribution in [3.8, 4) is 6.07 Å². The van der Waals surface area contributed by atoms with E-state index >= 15 is 0 Å². The first-order valence-corrected chi connectivity index (χ1v) is 6.66. The summed E-state index contributed by atoms with van der Waals surface area (Å²) in [4.78, 5) is 0. The zero-order valence-electron chi connectivity index (χ0n) is 10.6. The van der Waals surface area contributed by atoms with Crippen LogP contribution in [0, 0.1) is 11.3 Å². The van der Waals surface area contributed by atoms with Crippen molar-refractivity contribution in [2.24, 2.45) is 5.73 Å². The highest BCUT2D eigenvalue weighted by molar-refractivity contribution is 5.32.